The lowest BCUT2D eigenvalue weighted by molar-refractivity contribution is 0.0618. The second kappa shape index (κ2) is 6.73. The van der Waals surface area contributed by atoms with E-state index in [1.165, 1.54) is 12.1 Å². The molecule has 1 aliphatic rings. The Morgan fingerprint density at radius 2 is 2.05 bits per heavy atom. The number of benzene rings is 1. The van der Waals surface area contributed by atoms with Gasteiger partial charge in [-0.2, -0.15) is 0 Å². The Bertz CT molecular complexity index is 578. The van der Waals surface area contributed by atoms with Crippen LogP contribution in [0, 0.1) is 29.5 Å². The summed E-state index contributed by atoms with van der Waals surface area (Å²) >= 11 is 0. The number of carbonyl (C=O) groups excluding carboxylic acids is 1. The molecule has 0 spiro atoms. The first-order valence-electron chi connectivity index (χ1n) is 7.29. The van der Waals surface area contributed by atoms with Crippen LogP contribution in [0.25, 0.3) is 0 Å². The van der Waals surface area contributed by atoms with Gasteiger partial charge in [-0.25, -0.2) is 4.39 Å². The summed E-state index contributed by atoms with van der Waals surface area (Å²) in [6.45, 7) is 5.86. The summed E-state index contributed by atoms with van der Waals surface area (Å²) in [4.78, 5) is 14.2. The zero-order valence-electron chi connectivity index (χ0n) is 12.5. The highest BCUT2D eigenvalue weighted by Crippen LogP contribution is 2.23. The van der Waals surface area contributed by atoms with Gasteiger partial charge in [0.25, 0.3) is 5.91 Å². The van der Waals surface area contributed by atoms with E-state index in [1.54, 1.807) is 11.0 Å². The fourth-order valence-electron chi connectivity index (χ4n) is 2.92. The van der Waals surface area contributed by atoms with E-state index in [-0.39, 0.29) is 18.0 Å². The van der Waals surface area contributed by atoms with E-state index >= 15 is 0 Å². The SMILES string of the molecule is CC1CC(C)CN(C(=O)c2ccc(C#CCN)cc2F)C1. The molecule has 2 rings (SSSR count). The van der Waals surface area contributed by atoms with E-state index < -0.39 is 5.82 Å². The number of amides is 1. The van der Waals surface area contributed by atoms with Gasteiger partial charge in [-0.1, -0.05) is 25.7 Å². The highest BCUT2D eigenvalue weighted by Gasteiger charge is 2.27. The number of nitrogens with zero attached hydrogens (tertiary/aromatic N) is 1. The molecule has 0 bridgehead atoms. The second-order valence-corrected chi connectivity index (χ2v) is 5.86. The number of rotatable bonds is 1. The molecule has 1 aromatic rings. The first kappa shape index (κ1) is 15.5. The van der Waals surface area contributed by atoms with Crippen molar-refractivity contribution in [2.45, 2.75) is 20.3 Å². The summed E-state index contributed by atoms with van der Waals surface area (Å²) in [5, 5.41) is 0. The maximum absolute atomic E-state index is 14.1. The van der Waals surface area contributed by atoms with Gasteiger partial charge in [-0.3, -0.25) is 4.79 Å². The third-order valence-electron chi connectivity index (χ3n) is 3.69. The molecular formula is C17H21FN2O. The van der Waals surface area contributed by atoms with Crippen LogP contribution < -0.4 is 5.73 Å². The summed E-state index contributed by atoms with van der Waals surface area (Å²) < 4.78 is 14.1. The van der Waals surface area contributed by atoms with Crippen molar-refractivity contribution in [3.05, 3.63) is 35.1 Å². The topological polar surface area (TPSA) is 46.3 Å². The average Bonchev–Trinajstić information content (AvgIpc) is 2.43. The van der Waals surface area contributed by atoms with Crippen LogP contribution in [0.4, 0.5) is 4.39 Å². The molecule has 0 aromatic heterocycles. The van der Waals surface area contributed by atoms with Crippen molar-refractivity contribution in [3.63, 3.8) is 0 Å². The summed E-state index contributed by atoms with van der Waals surface area (Å²) in [6, 6.07) is 4.48. The molecule has 21 heavy (non-hydrogen) atoms. The Morgan fingerprint density at radius 1 is 1.38 bits per heavy atom. The van der Waals surface area contributed by atoms with Gasteiger partial charge in [-0.15, -0.1) is 0 Å². The lowest BCUT2D eigenvalue weighted by Crippen LogP contribution is -2.42. The van der Waals surface area contributed by atoms with E-state index in [1.807, 2.05) is 0 Å². The van der Waals surface area contributed by atoms with Crippen LogP contribution in [-0.2, 0) is 0 Å². The Hall–Kier alpha value is -1.86. The number of hydrogen-bond acceptors (Lipinski definition) is 2. The Labute approximate surface area is 125 Å². The molecule has 1 saturated heterocycles. The molecule has 112 valence electrons. The minimum absolute atomic E-state index is 0.120. The highest BCUT2D eigenvalue weighted by molar-refractivity contribution is 5.94. The fraction of sp³-hybridized carbons (Fsp3) is 0.471. The van der Waals surface area contributed by atoms with Gasteiger partial charge in [0.1, 0.15) is 5.82 Å². The maximum atomic E-state index is 14.1. The van der Waals surface area contributed by atoms with E-state index in [0.29, 0.717) is 30.5 Å². The standard InChI is InChI=1S/C17H21FN2O/c1-12-8-13(2)11-20(10-12)17(21)15-6-5-14(4-3-7-19)9-16(15)18/h5-6,9,12-13H,7-8,10-11,19H2,1-2H3. The van der Waals surface area contributed by atoms with Crippen LogP contribution in [0.1, 0.15) is 36.2 Å². The minimum Gasteiger partial charge on any atom is -0.338 e. The Balaban J connectivity index is 2.19. The summed E-state index contributed by atoms with van der Waals surface area (Å²) in [5.74, 6) is 5.59. The average molecular weight is 288 g/mol. The monoisotopic (exact) mass is 288 g/mol. The van der Waals surface area contributed by atoms with Crippen molar-refractivity contribution >= 4 is 5.91 Å². The molecule has 1 aromatic carbocycles. The molecule has 1 amide bonds. The molecule has 3 nitrogen and oxygen atoms in total. The van der Waals surface area contributed by atoms with Crippen molar-refractivity contribution in [3.8, 4) is 11.8 Å². The van der Waals surface area contributed by atoms with Crippen LogP contribution in [0.3, 0.4) is 0 Å². The van der Waals surface area contributed by atoms with E-state index in [2.05, 4.69) is 25.7 Å². The fourth-order valence-corrected chi connectivity index (χ4v) is 2.92. The van der Waals surface area contributed by atoms with Gasteiger partial charge in [0.15, 0.2) is 0 Å². The van der Waals surface area contributed by atoms with Crippen LogP contribution in [0.2, 0.25) is 0 Å². The second-order valence-electron chi connectivity index (χ2n) is 5.86. The summed E-state index contributed by atoms with van der Waals surface area (Å²) in [7, 11) is 0. The molecule has 0 radical (unpaired) electrons. The zero-order valence-corrected chi connectivity index (χ0v) is 12.5. The van der Waals surface area contributed by atoms with Crippen LogP contribution in [0.15, 0.2) is 18.2 Å². The van der Waals surface area contributed by atoms with E-state index in [4.69, 9.17) is 5.73 Å². The first-order valence-corrected chi connectivity index (χ1v) is 7.29. The van der Waals surface area contributed by atoms with Gasteiger partial charge >= 0.3 is 0 Å². The van der Waals surface area contributed by atoms with Gasteiger partial charge in [0.2, 0.25) is 0 Å². The van der Waals surface area contributed by atoms with Crippen molar-refractivity contribution in [2.24, 2.45) is 17.6 Å². The highest BCUT2D eigenvalue weighted by atomic mass is 19.1. The number of halogens is 1. The van der Waals surface area contributed by atoms with E-state index in [9.17, 15) is 9.18 Å². The number of nitrogens with two attached hydrogens (primary N) is 1. The first-order chi connectivity index (χ1) is 10.0. The Kier molecular flexibility index (Phi) is 4.98. The van der Waals surface area contributed by atoms with Crippen LogP contribution >= 0.6 is 0 Å². The largest absolute Gasteiger partial charge is 0.338 e. The number of hydrogen-bond donors (Lipinski definition) is 1. The van der Waals surface area contributed by atoms with Gasteiger partial charge in [-0.05, 0) is 36.5 Å². The van der Waals surface area contributed by atoms with Gasteiger partial charge < -0.3 is 10.6 Å². The lowest BCUT2D eigenvalue weighted by atomic mass is 9.91. The van der Waals surface area contributed by atoms with E-state index in [0.717, 1.165) is 6.42 Å². The summed E-state index contributed by atoms with van der Waals surface area (Å²) in [5.41, 5.74) is 5.94. The molecule has 2 N–H and O–H groups in total. The molecule has 1 fully saturated rings. The number of likely N-dealkylation sites (tertiary alicyclic amines) is 1. The zero-order chi connectivity index (χ0) is 15.4. The molecule has 1 aliphatic heterocycles. The molecule has 0 aliphatic carbocycles. The van der Waals surface area contributed by atoms with Crippen molar-refractivity contribution in [1.82, 2.24) is 4.90 Å². The molecule has 0 saturated carbocycles. The lowest BCUT2D eigenvalue weighted by Gasteiger charge is -2.35. The maximum Gasteiger partial charge on any atom is 0.256 e. The number of carbonyl (C=O) groups is 1. The predicted molar refractivity (Wildman–Crippen MR) is 81.2 cm³/mol. The quantitative estimate of drug-likeness (QED) is 0.806. The van der Waals surface area contributed by atoms with Gasteiger partial charge in [0.05, 0.1) is 12.1 Å². The molecule has 2 atom stereocenters. The molecule has 4 heteroatoms. The smallest absolute Gasteiger partial charge is 0.256 e. The van der Waals surface area contributed by atoms with Crippen LogP contribution in [-0.4, -0.2) is 30.4 Å². The van der Waals surface area contributed by atoms with Crippen LogP contribution in [0.5, 0.6) is 0 Å². The third kappa shape index (κ3) is 3.83. The van der Waals surface area contributed by atoms with Crippen molar-refractivity contribution < 1.29 is 9.18 Å². The number of piperidine rings is 1. The van der Waals surface area contributed by atoms with Gasteiger partial charge in [0, 0.05) is 18.7 Å². The van der Waals surface area contributed by atoms with Crippen molar-refractivity contribution in [2.75, 3.05) is 19.6 Å². The molecule has 2 unspecified atom stereocenters. The normalized spacial score (nSPS) is 21.6. The minimum atomic E-state index is -0.519. The summed E-state index contributed by atoms with van der Waals surface area (Å²) in [6.07, 6.45) is 1.11. The van der Waals surface area contributed by atoms with Crippen molar-refractivity contribution in [1.29, 1.82) is 0 Å². The Morgan fingerprint density at radius 3 is 2.62 bits per heavy atom. The molecule has 1 heterocycles. The third-order valence-corrected chi connectivity index (χ3v) is 3.69. The molecular weight excluding hydrogens is 267 g/mol. The predicted octanol–water partition coefficient (Wildman–Crippen LogP) is 2.25.